The first-order chi connectivity index (χ1) is 9.92. The van der Waals surface area contributed by atoms with Crippen molar-refractivity contribution in [2.24, 2.45) is 0 Å². The molecule has 0 atom stereocenters. The van der Waals surface area contributed by atoms with E-state index in [0.29, 0.717) is 19.8 Å². The van der Waals surface area contributed by atoms with Crippen molar-refractivity contribution >= 4 is 17.3 Å². The lowest BCUT2D eigenvalue weighted by Gasteiger charge is -2.25. The number of ether oxygens (including phenoxy) is 1. The minimum Gasteiger partial charge on any atom is -0.380 e. The number of benzene rings is 1. The number of carbonyl (C=O) groups is 1. The standard InChI is InChI=1S/C16H25N3O2/c1-16(2,3)18-14-6-4-13(5-7-14)17-15(20)12-19-8-10-21-11-9-19/h4-7,18H,8-12H2,1-3H3,(H,17,20). The van der Waals surface area contributed by atoms with Gasteiger partial charge in [0.2, 0.25) is 5.91 Å². The minimum absolute atomic E-state index is 0.0217. The molecule has 0 radical (unpaired) electrons. The molecule has 0 bridgehead atoms. The van der Waals surface area contributed by atoms with Gasteiger partial charge in [0, 0.05) is 30.0 Å². The molecule has 1 saturated heterocycles. The van der Waals surface area contributed by atoms with Crippen molar-refractivity contribution in [3.05, 3.63) is 24.3 Å². The van der Waals surface area contributed by atoms with Gasteiger partial charge in [-0.2, -0.15) is 0 Å². The van der Waals surface area contributed by atoms with Gasteiger partial charge in [-0.25, -0.2) is 0 Å². The zero-order chi connectivity index (χ0) is 15.3. The van der Waals surface area contributed by atoms with E-state index in [-0.39, 0.29) is 11.4 Å². The second-order valence-corrected chi connectivity index (χ2v) is 6.39. The molecular formula is C16H25N3O2. The van der Waals surface area contributed by atoms with Gasteiger partial charge < -0.3 is 15.4 Å². The first-order valence-electron chi connectivity index (χ1n) is 7.41. The lowest BCUT2D eigenvalue weighted by molar-refractivity contribution is -0.118. The highest BCUT2D eigenvalue weighted by Gasteiger charge is 2.14. The molecule has 0 aliphatic carbocycles. The number of morpholine rings is 1. The van der Waals surface area contributed by atoms with Crippen molar-refractivity contribution in [3.63, 3.8) is 0 Å². The molecule has 2 N–H and O–H groups in total. The third-order valence-corrected chi connectivity index (χ3v) is 3.16. The summed E-state index contributed by atoms with van der Waals surface area (Å²) in [5.41, 5.74) is 1.91. The van der Waals surface area contributed by atoms with Crippen LogP contribution in [-0.2, 0) is 9.53 Å². The summed E-state index contributed by atoms with van der Waals surface area (Å²) < 4.78 is 5.27. The molecule has 1 amide bonds. The first kappa shape index (κ1) is 15.8. The predicted octanol–water partition coefficient (Wildman–Crippen LogP) is 2.17. The summed E-state index contributed by atoms with van der Waals surface area (Å²) in [5, 5.41) is 6.32. The van der Waals surface area contributed by atoms with Gasteiger partial charge in [0.15, 0.2) is 0 Å². The third kappa shape index (κ3) is 5.73. The number of carbonyl (C=O) groups excluding carboxylic acids is 1. The third-order valence-electron chi connectivity index (χ3n) is 3.16. The molecule has 2 rings (SSSR count). The molecule has 0 unspecified atom stereocenters. The maximum Gasteiger partial charge on any atom is 0.238 e. The number of amides is 1. The minimum atomic E-state index is 0.0217. The van der Waals surface area contributed by atoms with E-state index in [9.17, 15) is 4.79 Å². The summed E-state index contributed by atoms with van der Waals surface area (Å²) in [7, 11) is 0. The Bertz CT molecular complexity index is 459. The van der Waals surface area contributed by atoms with Crippen LogP contribution in [0.25, 0.3) is 0 Å². The van der Waals surface area contributed by atoms with Crippen LogP contribution in [0.4, 0.5) is 11.4 Å². The molecule has 5 heteroatoms. The Balaban J connectivity index is 1.83. The van der Waals surface area contributed by atoms with Crippen molar-refractivity contribution in [3.8, 4) is 0 Å². The van der Waals surface area contributed by atoms with Gasteiger partial charge in [-0.1, -0.05) is 0 Å². The van der Waals surface area contributed by atoms with E-state index in [4.69, 9.17) is 4.74 Å². The summed E-state index contributed by atoms with van der Waals surface area (Å²) in [6.07, 6.45) is 0. The summed E-state index contributed by atoms with van der Waals surface area (Å²) in [6.45, 7) is 9.83. The van der Waals surface area contributed by atoms with Gasteiger partial charge >= 0.3 is 0 Å². The van der Waals surface area contributed by atoms with Crippen LogP contribution >= 0.6 is 0 Å². The van der Waals surface area contributed by atoms with Crippen LogP contribution in [-0.4, -0.2) is 49.2 Å². The second kappa shape index (κ2) is 6.91. The van der Waals surface area contributed by atoms with Gasteiger partial charge in [-0.15, -0.1) is 0 Å². The van der Waals surface area contributed by atoms with E-state index in [2.05, 4.69) is 36.3 Å². The highest BCUT2D eigenvalue weighted by molar-refractivity contribution is 5.92. The monoisotopic (exact) mass is 291 g/mol. The molecule has 0 spiro atoms. The van der Waals surface area contributed by atoms with Crippen LogP contribution in [0.1, 0.15) is 20.8 Å². The van der Waals surface area contributed by atoms with Crippen LogP contribution in [0, 0.1) is 0 Å². The Labute approximate surface area is 126 Å². The number of anilines is 2. The smallest absolute Gasteiger partial charge is 0.238 e. The lowest BCUT2D eigenvalue weighted by atomic mass is 10.1. The van der Waals surface area contributed by atoms with Gasteiger partial charge in [-0.05, 0) is 45.0 Å². The van der Waals surface area contributed by atoms with Crippen LogP contribution in [0.2, 0.25) is 0 Å². The van der Waals surface area contributed by atoms with Crippen LogP contribution in [0.3, 0.4) is 0 Å². The van der Waals surface area contributed by atoms with E-state index >= 15 is 0 Å². The Hall–Kier alpha value is -1.59. The average Bonchev–Trinajstić information content (AvgIpc) is 2.40. The Morgan fingerprint density at radius 2 is 1.71 bits per heavy atom. The van der Waals surface area contributed by atoms with Crippen molar-refractivity contribution in [1.82, 2.24) is 4.90 Å². The normalized spacial score (nSPS) is 16.5. The molecule has 1 aliphatic rings. The number of hydrogen-bond acceptors (Lipinski definition) is 4. The lowest BCUT2D eigenvalue weighted by Crippen LogP contribution is -2.41. The topological polar surface area (TPSA) is 53.6 Å². The van der Waals surface area contributed by atoms with Gasteiger partial charge in [0.05, 0.1) is 19.8 Å². The summed E-state index contributed by atoms with van der Waals surface area (Å²) in [6, 6.07) is 7.81. The summed E-state index contributed by atoms with van der Waals surface area (Å²) in [4.78, 5) is 14.1. The largest absolute Gasteiger partial charge is 0.380 e. The zero-order valence-corrected chi connectivity index (χ0v) is 13.1. The van der Waals surface area contributed by atoms with Crippen LogP contribution < -0.4 is 10.6 Å². The van der Waals surface area contributed by atoms with Crippen molar-refractivity contribution in [2.75, 3.05) is 43.5 Å². The second-order valence-electron chi connectivity index (χ2n) is 6.39. The molecule has 1 aromatic rings. The van der Waals surface area contributed by atoms with Crippen LogP contribution in [0.5, 0.6) is 0 Å². The van der Waals surface area contributed by atoms with E-state index in [1.807, 2.05) is 24.3 Å². The molecule has 116 valence electrons. The van der Waals surface area contributed by atoms with Crippen molar-refractivity contribution in [1.29, 1.82) is 0 Å². The quantitative estimate of drug-likeness (QED) is 0.892. The zero-order valence-electron chi connectivity index (χ0n) is 13.1. The van der Waals surface area contributed by atoms with E-state index in [0.717, 1.165) is 24.5 Å². The SMILES string of the molecule is CC(C)(C)Nc1ccc(NC(=O)CN2CCOCC2)cc1. The van der Waals surface area contributed by atoms with Gasteiger partial charge in [0.25, 0.3) is 0 Å². The first-order valence-corrected chi connectivity index (χ1v) is 7.41. The fourth-order valence-electron chi connectivity index (χ4n) is 2.23. The van der Waals surface area contributed by atoms with E-state index in [1.165, 1.54) is 0 Å². The highest BCUT2D eigenvalue weighted by atomic mass is 16.5. The fraction of sp³-hybridized carbons (Fsp3) is 0.562. The fourth-order valence-corrected chi connectivity index (χ4v) is 2.23. The Morgan fingerprint density at radius 1 is 1.14 bits per heavy atom. The van der Waals surface area contributed by atoms with Gasteiger partial charge in [-0.3, -0.25) is 9.69 Å². The number of nitrogens with zero attached hydrogens (tertiary/aromatic N) is 1. The molecule has 1 aliphatic heterocycles. The maximum atomic E-state index is 12.0. The molecular weight excluding hydrogens is 266 g/mol. The molecule has 1 fully saturated rings. The average molecular weight is 291 g/mol. The summed E-state index contributed by atoms with van der Waals surface area (Å²) in [5.74, 6) is 0.0217. The summed E-state index contributed by atoms with van der Waals surface area (Å²) >= 11 is 0. The predicted molar refractivity (Wildman–Crippen MR) is 85.7 cm³/mol. The van der Waals surface area contributed by atoms with Crippen molar-refractivity contribution in [2.45, 2.75) is 26.3 Å². The molecule has 0 saturated carbocycles. The highest BCUT2D eigenvalue weighted by Crippen LogP contribution is 2.17. The Morgan fingerprint density at radius 3 is 2.29 bits per heavy atom. The van der Waals surface area contributed by atoms with E-state index in [1.54, 1.807) is 0 Å². The molecule has 5 nitrogen and oxygen atoms in total. The molecule has 1 heterocycles. The number of rotatable bonds is 4. The van der Waals surface area contributed by atoms with Crippen molar-refractivity contribution < 1.29 is 9.53 Å². The number of nitrogens with one attached hydrogen (secondary N) is 2. The molecule has 0 aromatic heterocycles. The maximum absolute atomic E-state index is 12.0. The van der Waals surface area contributed by atoms with E-state index < -0.39 is 0 Å². The molecule has 1 aromatic carbocycles. The van der Waals surface area contributed by atoms with Crippen LogP contribution in [0.15, 0.2) is 24.3 Å². The number of hydrogen-bond donors (Lipinski definition) is 2. The molecule has 21 heavy (non-hydrogen) atoms. The Kier molecular flexibility index (Phi) is 5.20. The van der Waals surface area contributed by atoms with Gasteiger partial charge in [0.1, 0.15) is 0 Å².